The molecule has 0 unspecified atom stereocenters. The fourth-order valence-corrected chi connectivity index (χ4v) is 2.59. The van der Waals surface area contributed by atoms with Gasteiger partial charge in [0.05, 0.1) is 10.0 Å². The first-order chi connectivity index (χ1) is 9.38. The van der Waals surface area contributed by atoms with Crippen LogP contribution in [-0.4, -0.2) is 5.78 Å². The Morgan fingerprint density at radius 3 is 2.20 bits per heavy atom. The number of rotatable bonds is 3. The van der Waals surface area contributed by atoms with Crippen LogP contribution >= 0.6 is 23.2 Å². The van der Waals surface area contributed by atoms with Crippen molar-refractivity contribution in [2.45, 2.75) is 20.3 Å². The molecule has 0 spiro atoms. The van der Waals surface area contributed by atoms with Crippen LogP contribution in [-0.2, 0) is 6.42 Å². The van der Waals surface area contributed by atoms with Gasteiger partial charge in [0.15, 0.2) is 5.78 Å². The lowest BCUT2D eigenvalue weighted by molar-refractivity contribution is 0.0992. The van der Waals surface area contributed by atoms with Crippen LogP contribution < -0.4 is 0 Å². The highest BCUT2D eigenvalue weighted by Crippen LogP contribution is 2.24. The van der Waals surface area contributed by atoms with Crippen molar-refractivity contribution in [3.63, 3.8) is 0 Å². The molecule has 4 heteroatoms. The summed E-state index contributed by atoms with van der Waals surface area (Å²) in [7, 11) is 0. The number of carbonyl (C=O) groups is 1. The van der Waals surface area contributed by atoms with Crippen molar-refractivity contribution in [2.75, 3.05) is 0 Å². The zero-order valence-corrected chi connectivity index (χ0v) is 12.6. The van der Waals surface area contributed by atoms with Gasteiger partial charge in [-0.05, 0) is 54.8 Å². The van der Waals surface area contributed by atoms with E-state index in [1.54, 1.807) is 32.0 Å². The Hall–Kier alpha value is -1.38. The molecule has 104 valence electrons. The first-order valence-corrected chi connectivity index (χ1v) is 6.88. The van der Waals surface area contributed by atoms with E-state index in [4.69, 9.17) is 23.2 Å². The molecule has 2 aromatic rings. The van der Waals surface area contributed by atoms with Gasteiger partial charge in [-0.15, -0.1) is 0 Å². The van der Waals surface area contributed by atoms with Crippen LogP contribution in [0.3, 0.4) is 0 Å². The van der Waals surface area contributed by atoms with Crippen molar-refractivity contribution in [3.05, 3.63) is 68.4 Å². The first kappa shape index (κ1) is 15.0. The Morgan fingerprint density at radius 1 is 1.05 bits per heavy atom. The molecular weight excluding hydrogens is 298 g/mol. The predicted octanol–water partition coefficient (Wildman–Crippen LogP) is 5.17. The van der Waals surface area contributed by atoms with Gasteiger partial charge in [0, 0.05) is 12.0 Å². The van der Waals surface area contributed by atoms with Gasteiger partial charge in [-0.25, -0.2) is 4.39 Å². The van der Waals surface area contributed by atoms with Gasteiger partial charge in [-0.1, -0.05) is 29.3 Å². The number of Topliss-reactive ketones (excluding diaryl/α,β-unsaturated/α-hetero) is 1. The summed E-state index contributed by atoms with van der Waals surface area (Å²) in [6.45, 7) is 3.47. The molecule has 0 saturated carbocycles. The molecule has 0 fully saturated rings. The highest BCUT2D eigenvalue weighted by molar-refractivity contribution is 6.42. The van der Waals surface area contributed by atoms with Gasteiger partial charge in [0.1, 0.15) is 5.82 Å². The number of halogens is 3. The third kappa shape index (κ3) is 3.20. The lowest BCUT2D eigenvalue weighted by Crippen LogP contribution is -2.08. The highest BCUT2D eigenvalue weighted by Gasteiger charge is 2.14. The summed E-state index contributed by atoms with van der Waals surface area (Å²) in [6.07, 6.45) is 0.213. The van der Waals surface area contributed by atoms with Crippen molar-refractivity contribution in [1.82, 2.24) is 0 Å². The summed E-state index contributed by atoms with van der Waals surface area (Å²) >= 11 is 11.8. The van der Waals surface area contributed by atoms with Crippen LogP contribution in [0.15, 0.2) is 30.3 Å². The molecule has 0 aliphatic carbocycles. The molecule has 0 radical (unpaired) electrons. The van der Waals surface area contributed by atoms with Crippen LogP contribution in [0.1, 0.15) is 27.0 Å². The lowest BCUT2D eigenvalue weighted by atomic mass is 9.95. The fourth-order valence-electron chi connectivity index (χ4n) is 2.27. The predicted molar refractivity (Wildman–Crippen MR) is 80.4 cm³/mol. The smallest absolute Gasteiger partial charge is 0.167 e. The quantitative estimate of drug-likeness (QED) is 0.714. The largest absolute Gasteiger partial charge is 0.294 e. The fraction of sp³-hybridized carbons (Fsp3) is 0.188. The number of ketones is 1. The molecule has 0 heterocycles. The molecule has 0 bridgehead atoms. The van der Waals surface area contributed by atoms with E-state index in [1.165, 1.54) is 12.1 Å². The van der Waals surface area contributed by atoms with Crippen molar-refractivity contribution >= 4 is 29.0 Å². The summed E-state index contributed by atoms with van der Waals surface area (Å²) in [5.74, 6) is -0.385. The SMILES string of the molecule is Cc1cc(F)cc(C)c1C(=O)Cc1ccc(Cl)c(Cl)c1. The summed E-state index contributed by atoms with van der Waals surface area (Å²) in [5, 5.41) is 0.876. The molecule has 0 atom stereocenters. The van der Waals surface area contributed by atoms with Gasteiger partial charge >= 0.3 is 0 Å². The molecule has 2 rings (SSSR count). The van der Waals surface area contributed by atoms with Crippen LogP contribution in [0.25, 0.3) is 0 Å². The van der Waals surface area contributed by atoms with Crippen molar-refractivity contribution in [2.24, 2.45) is 0 Å². The van der Waals surface area contributed by atoms with E-state index in [9.17, 15) is 9.18 Å². The molecule has 0 N–H and O–H groups in total. The number of hydrogen-bond donors (Lipinski definition) is 0. The van der Waals surface area contributed by atoms with E-state index in [0.29, 0.717) is 26.7 Å². The first-order valence-electron chi connectivity index (χ1n) is 6.12. The molecule has 2 aromatic carbocycles. The van der Waals surface area contributed by atoms with Gasteiger partial charge in [0.25, 0.3) is 0 Å². The normalized spacial score (nSPS) is 10.7. The molecule has 0 amide bonds. The van der Waals surface area contributed by atoms with Crippen LogP contribution in [0.4, 0.5) is 4.39 Å². The van der Waals surface area contributed by atoms with E-state index < -0.39 is 0 Å². The maximum Gasteiger partial charge on any atom is 0.167 e. The van der Waals surface area contributed by atoms with E-state index in [-0.39, 0.29) is 18.0 Å². The summed E-state index contributed by atoms with van der Waals surface area (Å²) in [6, 6.07) is 7.84. The van der Waals surface area contributed by atoms with Gasteiger partial charge in [-0.2, -0.15) is 0 Å². The molecule has 0 saturated heterocycles. The average molecular weight is 311 g/mol. The zero-order valence-electron chi connectivity index (χ0n) is 11.1. The Kier molecular flexibility index (Phi) is 4.46. The molecule has 1 nitrogen and oxygen atoms in total. The second-order valence-electron chi connectivity index (χ2n) is 4.76. The summed E-state index contributed by atoms with van der Waals surface area (Å²) in [4.78, 5) is 12.4. The van der Waals surface area contributed by atoms with Crippen LogP contribution in [0, 0.1) is 19.7 Å². The maximum atomic E-state index is 13.3. The summed E-state index contributed by atoms with van der Waals surface area (Å²) in [5.41, 5.74) is 2.64. The third-order valence-electron chi connectivity index (χ3n) is 3.12. The van der Waals surface area contributed by atoms with Crippen LogP contribution in [0.5, 0.6) is 0 Å². The van der Waals surface area contributed by atoms with Gasteiger partial charge < -0.3 is 0 Å². The number of hydrogen-bond acceptors (Lipinski definition) is 1. The number of benzene rings is 2. The Morgan fingerprint density at radius 2 is 1.65 bits per heavy atom. The summed E-state index contributed by atoms with van der Waals surface area (Å²) < 4.78 is 13.3. The second kappa shape index (κ2) is 5.94. The monoisotopic (exact) mass is 310 g/mol. The molecule has 0 aliphatic rings. The maximum absolute atomic E-state index is 13.3. The highest BCUT2D eigenvalue weighted by atomic mass is 35.5. The van der Waals surface area contributed by atoms with E-state index >= 15 is 0 Å². The Bertz CT molecular complexity index is 657. The van der Waals surface area contributed by atoms with Crippen LogP contribution in [0.2, 0.25) is 10.0 Å². The molecule has 0 aromatic heterocycles. The molecule has 20 heavy (non-hydrogen) atoms. The van der Waals surface area contributed by atoms with E-state index in [0.717, 1.165) is 5.56 Å². The van der Waals surface area contributed by atoms with E-state index in [1.807, 2.05) is 0 Å². The Balaban J connectivity index is 2.31. The second-order valence-corrected chi connectivity index (χ2v) is 5.58. The minimum absolute atomic E-state index is 0.0570. The van der Waals surface area contributed by atoms with Crippen molar-refractivity contribution in [1.29, 1.82) is 0 Å². The third-order valence-corrected chi connectivity index (χ3v) is 3.86. The lowest BCUT2D eigenvalue weighted by Gasteiger charge is -2.09. The number of carbonyl (C=O) groups excluding carboxylic acids is 1. The van der Waals surface area contributed by atoms with Gasteiger partial charge in [-0.3, -0.25) is 4.79 Å². The van der Waals surface area contributed by atoms with Crippen molar-refractivity contribution in [3.8, 4) is 0 Å². The average Bonchev–Trinajstić information content (AvgIpc) is 2.32. The number of aryl methyl sites for hydroxylation is 2. The topological polar surface area (TPSA) is 17.1 Å². The standard InChI is InChI=1S/C16H13Cl2FO/c1-9-5-12(19)6-10(2)16(9)15(20)8-11-3-4-13(17)14(18)7-11/h3-7H,8H2,1-2H3. The minimum atomic E-state index is -0.328. The van der Waals surface area contributed by atoms with Gasteiger partial charge in [0.2, 0.25) is 0 Å². The van der Waals surface area contributed by atoms with Crippen molar-refractivity contribution < 1.29 is 9.18 Å². The minimum Gasteiger partial charge on any atom is -0.294 e. The molecule has 0 aliphatic heterocycles. The Labute approximate surface area is 127 Å². The molecular formula is C16H13Cl2FO. The van der Waals surface area contributed by atoms with E-state index in [2.05, 4.69) is 0 Å². The zero-order chi connectivity index (χ0) is 14.9.